The minimum atomic E-state index is -4.13. The van der Waals surface area contributed by atoms with Gasteiger partial charge < -0.3 is 24.8 Å². The molecule has 0 atom stereocenters. The topological polar surface area (TPSA) is 136 Å². The fraction of sp³-hybridized carbons (Fsp3) is 0.583. The molecule has 2 aromatic rings. The first-order chi connectivity index (χ1) is 10.4. The summed E-state index contributed by atoms with van der Waals surface area (Å²) in [4.78, 5) is 30.1. The third kappa shape index (κ3) is 3.12. The molecular formula is C12H18N5O4P. The molecule has 1 aliphatic rings. The first-order valence-corrected chi connectivity index (χ1v) is 8.72. The SMILES string of the molecule is Nc1ncnc2c1ncn2CC1(COCP(=O)(O)O)CCC1. The highest BCUT2D eigenvalue weighted by Crippen LogP contribution is 2.44. The molecule has 0 radical (unpaired) electrons. The van der Waals surface area contributed by atoms with E-state index in [1.165, 1.54) is 6.33 Å². The summed E-state index contributed by atoms with van der Waals surface area (Å²) in [5.74, 6) is 0.337. The lowest BCUT2D eigenvalue weighted by Gasteiger charge is -2.41. The molecular weight excluding hydrogens is 309 g/mol. The summed E-state index contributed by atoms with van der Waals surface area (Å²) in [7, 11) is -4.13. The van der Waals surface area contributed by atoms with Gasteiger partial charge in [0.2, 0.25) is 0 Å². The fourth-order valence-electron chi connectivity index (χ4n) is 2.78. The minimum absolute atomic E-state index is 0.136. The molecule has 120 valence electrons. The van der Waals surface area contributed by atoms with Gasteiger partial charge in [-0.3, -0.25) is 4.57 Å². The van der Waals surface area contributed by atoms with Gasteiger partial charge in [0.1, 0.15) is 18.2 Å². The van der Waals surface area contributed by atoms with E-state index >= 15 is 0 Å². The maximum Gasteiger partial charge on any atom is 0.350 e. The van der Waals surface area contributed by atoms with E-state index < -0.39 is 13.9 Å². The normalized spacial score (nSPS) is 17.5. The highest BCUT2D eigenvalue weighted by atomic mass is 31.2. The molecule has 22 heavy (non-hydrogen) atoms. The van der Waals surface area contributed by atoms with Crippen LogP contribution in [-0.2, 0) is 15.8 Å². The maximum atomic E-state index is 10.9. The molecule has 9 nitrogen and oxygen atoms in total. The minimum Gasteiger partial charge on any atom is -0.382 e. The van der Waals surface area contributed by atoms with Crippen LogP contribution in [0.5, 0.6) is 0 Å². The number of fused-ring (bicyclic) bond motifs is 1. The molecule has 2 heterocycles. The second-order valence-electron chi connectivity index (χ2n) is 5.80. The number of anilines is 1. The van der Waals surface area contributed by atoms with Gasteiger partial charge in [-0.2, -0.15) is 0 Å². The summed E-state index contributed by atoms with van der Waals surface area (Å²) < 4.78 is 18.0. The van der Waals surface area contributed by atoms with E-state index in [-0.39, 0.29) is 5.41 Å². The van der Waals surface area contributed by atoms with Gasteiger partial charge in [0.15, 0.2) is 11.5 Å². The second-order valence-corrected chi connectivity index (χ2v) is 7.39. The van der Waals surface area contributed by atoms with Gasteiger partial charge >= 0.3 is 7.60 Å². The molecule has 2 aromatic heterocycles. The van der Waals surface area contributed by atoms with Crippen LogP contribution in [0.1, 0.15) is 19.3 Å². The van der Waals surface area contributed by atoms with Crippen LogP contribution in [0, 0.1) is 5.41 Å². The van der Waals surface area contributed by atoms with E-state index in [1.54, 1.807) is 6.33 Å². The molecule has 10 heteroatoms. The molecule has 1 fully saturated rings. The van der Waals surface area contributed by atoms with E-state index in [9.17, 15) is 4.57 Å². The van der Waals surface area contributed by atoms with Crippen molar-refractivity contribution in [1.82, 2.24) is 19.5 Å². The summed E-state index contributed by atoms with van der Waals surface area (Å²) in [5.41, 5.74) is 6.86. The third-order valence-electron chi connectivity index (χ3n) is 4.02. The molecule has 1 aliphatic carbocycles. The summed E-state index contributed by atoms with van der Waals surface area (Å²) in [6.45, 7) is 0.930. The van der Waals surface area contributed by atoms with Crippen molar-refractivity contribution in [3.05, 3.63) is 12.7 Å². The van der Waals surface area contributed by atoms with Crippen LogP contribution in [0.3, 0.4) is 0 Å². The van der Waals surface area contributed by atoms with Crippen molar-refractivity contribution in [2.45, 2.75) is 25.8 Å². The summed E-state index contributed by atoms with van der Waals surface area (Å²) >= 11 is 0. The number of nitrogens with two attached hydrogens (primary N) is 1. The zero-order valence-corrected chi connectivity index (χ0v) is 12.8. The molecule has 0 bridgehead atoms. The van der Waals surface area contributed by atoms with Gasteiger partial charge in [0.25, 0.3) is 0 Å². The molecule has 3 rings (SSSR count). The van der Waals surface area contributed by atoms with E-state index in [0.29, 0.717) is 30.1 Å². The Bertz CT molecular complexity index is 723. The number of hydrogen-bond donors (Lipinski definition) is 3. The molecule has 0 aliphatic heterocycles. The Morgan fingerprint density at radius 3 is 2.77 bits per heavy atom. The standard InChI is InChI=1S/C12H18N5O4P/c13-10-9-11(15-6-14-10)17(7-16-9)4-12(2-1-3-12)5-21-8-22(18,19)20/h6-7H,1-5,8H2,(H2,13,14,15)(H2,18,19,20). The van der Waals surface area contributed by atoms with Gasteiger partial charge in [-0.15, -0.1) is 0 Å². The number of hydrogen-bond acceptors (Lipinski definition) is 6. The van der Waals surface area contributed by atoms with Crippen LogP contribution >= 0.6 is 7.60 Å². The molecule has 0 aromatic carbocycles. The van der Waals surface area contributed by atoms with E-state index in [1.807, 2.05) is 4.57 Å². The zero-order valence-electron chi connectivity index (χ0n) is 11.9. The molecule has 0 unspecified atom stereocenters. The highest BCUT2D eigenvalue weighted by Gasteiger charge is 2.38. The monoisotopic (exact) mass is 327 g/mol. The largest absolute Gasteiger partial charge is 0.382 e. The predicted molar refractivity (Wildman–Crippen MR) is 78.9 cm³/mol. The Kier molecular flexibility index (Phi) is 3.90. The Balaban J connectivity index is 1.74. The lowest BCUT2D eigenvalue weighted by molar-refractivity contribution is -0.00637. The number of aromatic nitrogens is 4. The Morgan fingerprint density at radius 2 is 2.14 bits per heavy atom. The number of nitrogen functional groups attached to an aromatic ring is 1. The van der Waals surface area contributed by atoms with Crippen LogP contribution in [0.25, 0.3) is 11.2 Å². The highest BCUT2D eigenvalue weighted by molar-refractivity contribution is 7.51. The van der Waals surface area contributed by atoms with E-state index in [0.717, 1.165) is 19.3 Å². The van der Waals surface area contributed by atoms with E-state index in [4.69, 9.17) is 20.3 Å². The first-order valence-electron chi connectivity index (χ1n) is 6.92. The number of imidazole rings is 1. The summed E-state index contributed by atoms with van der Waals surface area (Å²) in [6.07, 6.45) is 5.46. The smallest absolute Gasteiger partial charge is 0.350 e. The quantitative estimate of drug-likeness (QED) is 0.660. The first kappa shape index (κ1) is 15.4. The van der Waals surface area contributed by atoms with Gasteiger partial charge in [-0.1, -0.05) is 6.42 Å². The fourth-order valence-corrected chi connectivity index (χ4v) is 3.11. The van der Waals surface area contributed by atoms with Crippen molar-refractivity contribution in [2.75, 3.05) is 18.7 Å². The van der Waals surface area contributed by atoms with Gasteiger partial charge in [0.05, 0.1) is 12.9 Å². The van der Waals surface area contributed by atoms with Crippen molar-refractivity contribution in [1.29, 1.82) is 0 Å². The lowest BCUT2D eigenvalue weighted by Crippen LogP contribution is -2.38. The Morgan fingerprint density at radius 1 is 1.36 bits per heavy atom. The molecule has 1 saturated carbocycles. The maximum absolute atomic E-state index is 10.9. The van der Waals surface area contributed by atoms with Crippen LogP contribution in [0.15, 0.2) is 12.7 Å². The molecule has 0 spiro atoms. The average molecular weight is 327 g/mol. The zero-order chi connectivity index (χ0) is 15.8. The predicted octanol–water partition coefficient (Wildman–Crippen LogP) is 0.731. The third-order valence-corrected chi connectivity index (χ3v) is 4.54. The summed E-state index contributed by atoms with van der Waals surface area (Å²) in [5, 5.41) is 0. The van der Waals surface area contributed by atoms with Crippen molar-refractivity contribution in [2.24, 2.45) is 5.41 Å². The van der Waals surface area contributed by atoms with Crippen molar-refractivity contribution in [3.8, 4) is 0 Å². The Hall–Kier alpha value is -1.54. The number of ether oxygens (including phenoxy) is 1. The average Bonchev–Trinajstić information content (AvgIpc) is 2.79. The summed E-state index contributed by atoms with van der Waals surface area (Å²) in [6, 6.07) is 0. The van der Waals surface area contributed by atoms with Gasteiger partial charge in [-0.05, 0) is 12.8 Å². The Labute approximate surface area is 126 Å². The van der Waals surface area contributed by atoms with Gasteiger partial charge in [-0.25, -0.2) is 15.0 Å². The molecule has 0 saturated heterocycles. The number of rotatable bonds is 6. The molecule has 4 N–H and O–H groups in total. The van der Waals surface area contributed by atoms with Crippen molar-refractivity contribution in [3.63, 3.8) is 0 Å². The van der Waals surface area contributed by atoms with Crippen molar-refractivity contribution >= 4 is 24.6 Å². The van der Waals surface area contributed by atoms with Gasteiger partial charge in [0, 0.05) is 12.0 Å². The van der Waals surface area contributed by atoms with Crippen molar-refractivity contribution < 1.29 is 19.1 Å². The van der Waals surface area contributed by atoms with E-state index in [2.05, 4.69) is 15.0 Å². The van der Waals surface area contributed by atoms with Crippen LogP contribution < -0.4 is 5.73 Å². The number of nitrogens with zero attached hydrogens (tertiary/aromatic N) is 4. The second kappa shape index (κ2) is 5.58. The van der Waals surface area contributed by atoms with Crippen LogP contribution in [-0.4, -0.2) is 42.3 Å². The van der Waals surface area contributed by atoms with Crippen LogP contribution in [0.4, 0.5) is 5.82 Å². The van der Waals surface area contributed by atoms with Crippen LogP contribution in [0.2, 0.25) is 0 Å². The molecule has 0 amide bonds. The lowest BCUT2D eigenvalue weighted by atomic mass is 9.69.